The third-order valence-electron chi connectivity index (χ3n) is 6.11. The quantitative estimate of drug-likeness (QED) is 0.898. The molecule has 5 nitrogen and oxygen atoms in total. The summed E-state index contributed by atoms with van der Waals surface area (Å²) >= 11 is 0. The smallest absolute Gasteiger partial charge is 0.272 e. The molecule has 3 heterocycles. The molecule has 0 aliphatic carbocycles. The van der Waals surface area contributed by atoms with E-state index in [1.807, 2.05) is 4.90 Å². The summed E-state index contributed by atoms with van der Waals surface area (Å²) < 4.78 is 13.1. The Morgan fingerprint density at radius 1 is 1.27 bits per heavy atom. The number of likely N-dealkylation sites (N-methyl/N-ethyl adjacent to an activating group) is 1. The van der Waals surface area contributed by atoms with Gasteiger partial charge in [-0.15, -0.1) is 0 Å². The molecule has 1 aromatic carbocycles. The number of hydrogen-bond acceptors (Lipinski definition) is 3. The monoisotopic (exact) mass is 356 g/mol. The summed E-state index contributed by atoms with van der Waals surface area (Å²) in [5.74, 6) is -0.275. The summed E-state index contributed by atoms with van der Waals surface area (Å²) in [5, 5.41) is 7.16. The minimum atomic E-state index is -0.283. The van der Waals surface area contributed by atoms with Crippen molar-refractivity contribution in [3.63, 3.8) is 0 Å². The number of likely N-dealkylation sites (tertiary alicyclic amines) is 2. The second kappa shape index (κ2) is 6.50. The van der Waals surface area contributed by atoms with Gasteiger partial charge in [0.2, 0.25) is 0 Å². The van der Waals surface area contributed by atoms with Crippen LogP contribution in [0, 0.1) is 5.82 Å². The van der Waals surface area contributed by atoms with Gasteiger partial charge in [-0.2, -0.15) is 5.10 Å². The Bertz CT molecular complexity index is 802. The van der Waals surface area contributed by atoms with Crippen molar-refractivity contribution < 1.29 is 9.18 Å². The molecule has 0 spiro atoms. The van der Waals surface area contributed by atoms with Gasteiger partial charge in [-0.05, 0) is 76.5 Å². The van der Waals surface area contributed by atoms with Gasteiger partial charge in [0.25, 0.3) is 5.91 Å². The van der Waals surface area contributed by atoms with E-state index in [9.17, 15) is 9.18 Å². The first-order valence-corrected chi connectivity index (χ1v) is 9.32. The highest BCUT2D eigenvalue weighted by atomic mass is 19.1. The van der Waals surface area contributed by atoms with Crippen molar-refractivity contribution in [3.05, 3.63) is 41.8 Å². The third-order valence-corrected chi connectivity index (χ3v) is 6.11. The Hall–Kier alpha value is -2.21. The lowest BCUT2D eigenvalue weighted by Gasteiger charge is -2.55. The van der Waals surface area contributed by atoms with Crippen molar-refractivity contribution in [2.24, 2.45) is 0 Å². The fraction of sp³-hybridized carbons (Fsp3) is 0.500. The largest absolute Gasteiger partial charge is 0.330 e. The Morgan fingerprint density at radius 2 is 2.04 bits per heavy atom. The van der Waals surface area contributed by atoms with Crippen LogP contribution in [-0.4, -0.2) is 57.6 Å². The molecule has 6 heteroatoms. The topological polar surface area (TPSA) is 52.2 Å². The number of rotatable bonds is 2. The number of piperidine rings is 2. The molecular formula is C20H25FN4O. The molecule has 1 amide bonds. The van der Waals surface area contributed by atoms with E-state index in [2.05, 4.69) is 29.1 Å². The average molecular weight is 356 g/mol. The summed E-state index contributed by atoms with van der Waals surface area (Å²) in [7, 11) is 2.17. The van der Waals surface area contributed by atoms with E-state index in [1.54, 1.807) is 18.2 Å². The van der Waals surface area contributed by atoms with Gasteiger partial charge < -0.3 is 9.80 Å². The zero-order valence-electron chi connectivity index (χ0n) is 15.3. The predicted octanol–water partition coefficient (Wildman–Crippen LogP) is 3.30. The van der Waals surface area contributed by atoms with E-state index in [-0.39, 0.29) is 17.3 Å². The normalized spacial score (nSPS) is 26.6. The van der Waals surface area contributed by atoms with Gasteiger partial charge >= 0.3 is 0 Å². The van der Waals surface area contributed by atoms with Crippen molar-refractivity contribution in [1.29, 1.82) is 0 Å². The number of amides is 1. The summed E-state index contributed by atoms with van der Waals surface area (Å²) in [6, 6.07) is 8.34. The molecular weight excluding hydrogens is 331 g/mol. The van der Waals surface area contributed by atoms with Crippen LogP contribution in [0.5, 0.6) is 0 Å². The lowest BCUT2D eigenvalue weighted by atomic mass is 9.76. The maximum Gasteiger partial charge on any atom is 0.272 e. The van der Waals surface area contributed by atoms with E-state index >= 15 is 0 Å². The average Bonchev–Trinajstić information content (AvgIpc) is 3.11. The van der Waals surface area contributed by atoms with Crippen molar-refractivity contribution in [1.82, 2.24) is 20.0 Å². The molecule has 26 heavy (non-hydrogen) atoms. The number of nitrogens with one attached hydrogen (secondary N) is 1. The molecule has 138 valence electrons. The zero-order chi connectivity index (χ0) is 18.3. The molecule has 0 bridgehead atoms. The Labute approximate surface area is 153 Å². The highest BCUT2D eigenvalue weighted by molar-refractivity contribution is 5.94. The molecule has 2 atom stereocenters. The number of aromatic amines is 1. The van der Waals surface area contributed by atoms with Gasteiger partial charge in [0.15, 0.2) is 0 Å². The molecule has 0 saturated carbocycles. The van der Waals surface area contributed by atoms with Gasteiger partial charge in [0, 0.05) is 18.2 Å². The van der Waals surface area contributed by atoms with E-state index in [0.717, 1.165) is 44.3 Å². The molecule has 0 unspecified atom stereocenters. The Morgan fingerprint density at radius 3 is 2.81 bits per heavy atom. The molecule has 1 N–H and O–H groups in total. The molecule has 2 aliphatic rings. The number of fused-ring (bicyclic) bond motifs is 1. The minimum Gasteiger partial charge on any atom is -0.330 e. The minimum absolute atomic E-state index is 0.00774. The van der Waals surface area contributed by atoms with Crippen LogP contribution < -0.4 is 0 Å². The maximum atomic E-state index is 13.2. The first-order valence-electron chi connectivity index (χ1n) is 9.32. The number of aromatic nitrogens is 2. The van der Waals surface area contributed by atoms with E-state index in [4.69, 9.17) is 0 Å². The van der Waals surface area contributed by atoms with Crippen LogP contribution >= 0.6 is 0 Å². The van der Waals surface area contributed by atoms with Crippen LogP contribution in [0.15, 0.2) is 30.3 Å². The van der Waals surface area contributed by atoms with Gasteiger partial charge in [-0.1, -0.05) is 0 Å². The number of hydrogen-bond donors (Lipinski definition) is 1. The maximum absolute atomic E-state index is 13.2. The van der Waals surface area contributed by atoms with Crippen molar-refractivity contribution >= 4 is 5.91 Å². The van der Waals surface area contributed by atoms with Gasteiger partial charge in [0.1, 0.15) is 11.5 Å². The van der Waals surface area contributed by atoms with Crippen LogP contribution in [0.2, 0.25) is 0 Å². The predicted molar refractivity (Wildman–Crippen MR) is 98.3 cm³/mol. The standard InChI is InChI=1S/C20H25FN4O/c1-20-10-4-11-24(2)18(20)5-3-12-25(20)19(26)17-13-16(22-23-17)14-6-8-15(21)9-7-14/h6-9,13,18H,3-5,10-12H2,1-2H3,(H,22,23)/t18-,20-/m0/s1. The second-order valence-corrected chi connectivity index (χ2v) is 7.73. The van der Waals surface area contributed by atoms with Crippen LogP contribution in [0.1, 0.15) is 43.1 Å². The summed E-state index contributed by atoms with van der Waals surface area (Å²) in [5.41, 5.74) is 1.82. The van der Waals surface area contributed by atoms with E-state index in [1.165, 1.54) is 12.1 Å². The van der Waals surface area contributed by atoms with Crippen LogP contribution in [0.4, 0.5) is 4.39 Å². The van der Waals surface area contributed by atoms with E-state index < -0.39 is 0 Å². The van der Waals surface area contributed by atoms with Crippen molar-refractivity contribution in [3.8, 4) is 11.3 Å². The molecule has 0 radical (unpaired) electrons. The molecule has 2 aromatic rings. The zero-order valence-corrected chi connectivity index (χ0v) is 15.3. The number of halogens is 1. The van der Waals surface area contributed by atoms with Gasteiger partial charge in [-0.3, -0.25) is 9.89 Å². The molecule has 4 rings (SSSR count). The number of nitrogens with zero attached hydrogens (tertiary/aromatic N) is 3. The fourth-order valence-corrected chi connectivity index (χ4v) is 4.71. The summed E-state index contributed by atoms with van der Waals surface area (Å²) in [6.45, 7) is 4.10. The Kier molecular flexibility index (Phi) is 4.31. The first-order chi connectivity index (χ1) is 12.5. The molecule has 2 saturated heterocycles. The third kappa shape index (κ3) is 2.82. The molecule has 2 aliphatic heterocycles. The highest BCUT2D eigenvalue weighted by Gasteiger charge is 2.48. The van der Waals surface area contributed by atoms with Gasteiger partial charge in [-0.25, -0.2) is 4.39 Å². The van der Waals surface area contributed by atoms with Crippen LogP contribution in [0.3, 0.4) is 0 Å². The van der Waals surface area contributed by atoms with Crippen molar-refractivity contribution in [2.75, 3.05) is 20.1 Å². The van der Waals surface area contributed by atoms with Crippen LogP contribution in [-0.2, 0) is 0 Å². The van der Waals surface area contributed by atoms with Crippen molar-refractivity contribution in [2.45, 2.75) is 44.2 Å². The number of benzene rings is 1. The molecule has 1 aromatic heterocycles. The highest BCUT2D eigenvalue weighted by Crippen LogP contribution is 2.39. The number of carbonyl (C=O) groups excluding carboxylic acids is 1. The lowest BCUT2D eigenvalue weighted by Crippen LogP contribution is -2.66. The Balaban J connectivity index is 1.60. The summed E-state index contributed by atoms with van der Waals surface area (Å²) in [4.78, 5) is 17.7. The summed E-state index contributed by atoms with van der Waals surface area (Å²) in [6.07, 6.45) is 4.31. The lowest BCUT2D eigenvalue weighted by molar-refractivity contribution is -0.0348. The number of carbonyl (C=O) groups is 1. The molecule has 2 fully saturated rings. The van der Waals surface area contributed by atoms with Gasteiger partial charge in [0.05, 0.1) is 11.2 Å². The van der Waals surface area contributed by atoms with E-state index in [0.29, 0.717) is 17.4 Å². The van der Waals surface area contributed by atoms with Crippen LogP contribution in [0.25, 0.3) is 11.3 Å². The fourth-order valence-electron chi connectivity index (χ4n) is 4.71. The first kappa shape index (κ1) is 17.2. The SMILES string of the molecule is CN1CCC[C@@]2(C)[C@@H]1CCCN2C(=O)c1cc(-c2ccc(F)cc2)n[nH]1. The number of H-pyrrole nitrogens is 1. The second-order valence-electron chi connectivity index (χ2n) is 7.73.